The van der Waals surface area contributed by atoms with Gasteiger partial charge in [0.05, 0.1) is 4.87 Å². The van der Waals surface area contributed by atoms with Crippen molar-refractivity contribution in [2.75, 3.05) is 0 Å². The Hall–Kier alpha value is -1.60. The Labute approximate surface area is 159 Å². The first-order valence-electron chi connectivity index (χ1n) is 10.1. The minimum atomic E-state index is -0.271. The minimum absolute atomic E-state index is 0.0223. The van der Waals surface area contributed by atoms with Crippen molar-refractivity contribution in [1.29, 1.82) is 0 Å². The van der Waals surface area contributed by atoms with Gasteiger partial charge in [0, 0.05) is 11.5 Å². The monoisotopic (exact) mass is 362 g/mol. The molecular weight excluding hydrogens is 340 g/mol. The van der Waals surface area contributed by atoms with Crippen LogP contribution in [-0.2, 0) is 12.8 Å². The number of hydrogen-bond donors (Lipinski definition) is 0. The lowest BCUT2D eigenvalue weighted by Crippen LogP contribution is -2.33. The van der Waals surface area contributed by atoms with Crippen LogP contribution in [0.3, 0.4) is 0 Å². The van der Waals surface area contributed by atoms with E-state index in [1.54, 1.807) is 0 Å². The normalized spacial score (nSPS) is 33.5. The van der Waals surface area contributed by atoms with Crippen LogP contribution in [0.1, 0.15) is 64.2 Å². The van der Waals surface area contributed by atoms with E-state index in [1.165, 1.54) is 46.2 Å². The van der Waals surface area contributed by atoms with Gasteiger partial charge in [-0.3, -0.25) is 4.79 Å². The van der Waals surface area contributed by atoms with E-state index in [0.717, 1.165) is 31.2 Å². The van der Waals surface area contributed by atoms with E-state index in [4.69, 9.17) is 11.6 Å². The van der Waals surface area contributed by atoms with Crippen LogP contribution in [0.2, 0.25) is 0 Å². The summed E-state index contributed by atoms with van der Waals surface area (Å²) in [5, 5.41) is 0. The zero-order valence-electron chi connectivity index (χ0n) is 15.1. The highest BCUT2D eigenvalue weighted by molar-refractivity contribution is 6.28. The molecule has 4 aliphatic carbocycles. The van der Waals surface area contributed by atoms with E-state index in [-0.39, 0.29) is 10.8 Å². The third-order valence-corrected chi connectivity index (χ3v) is 8.52. The van der Waals surface area contributed by atoms with Crippen LogP contribution in [0.15, 0.2) is 30.3 Å². The molecular formula is C24H23ClO. The third kappa shape index (κ3) is 1.71. The standard InChI is InChI=1S/C24H23ClO/c1-13-11-18-16-7-3-2-5-14(16)8-9-17(18)21-20(13)19-12-15-6-4-10-24(15,25)22(19)23(21)26/h2-3,5,7,11,15,19,22H,4,6,8-10,12H2,1H3/t15-,19-,22-,24+/m1/s1. The molecule has 4 aliphatic rings. The molecule has 26 heavy (non-hydrogen) atoms. The molecule has 0 unspecified atom stereocenters. The van der Waals surface area contributed by atoms with Gasteiger partial charge in [-0.15, -0.1) is 11.6 Å². The lowest BCUT2D eigenvalue weighted by molar-refractivity contribution is 0.0907. The molecule has 0 aliphatic heterocycles. The summed E-state index contributed by atoms with van der Waals surface area (Å²) in [5.41, 5.74) is 9.05. The fourth-order valence-electron chi connectivity index (χ4n) is 6.80. The van der Waals surface area contributed by atoms with Crippen LogP contribution >= 0.6 is 11.6 Å². The Bertz CT molecular complexity index is 974. The van der Waals surface area contributed by atoms with E-state index in [9.17, 15) is 4.79 Å². The molecule has 0 N–H and O–H groups in total. The minimum Gasteiger partial charge on any atom is -0.294 e. The van der Waals surface area contributed by atoms with Crippen molar-refractivity contribution in [3.63, 3.8) is 0 Å². The highest BCUT2D eigenvalue weighted by Crippen LogP contribution is 2.65. The summed E-state index contributed by atoms with van der Waals surface area (Å²) in [4.78, 5) is 13.4. The van der Waals surface area contributed by atoms with E-state index in [2.05, 4.69) is 37.3 Å². The molecule has 1 nitrogen and oxygen atoms in total. The van der Waals surface area contributed by atoms with Crippen LogP contribution in [0, 0.1) is 18.8 Å². The largest absolute Gasteiger partial charge is 0.294 e. The number of rotatable bonds is 0. The number of fused-ring (bicyclic) bond motifs is 9. The van der Waals surface area contributed by atoms with Gasteiger partial charge in [0.25, 0.3) is 0 Å². The first-order valence-corrected chi connectivity index (χ1v) is 10.4. The van der Waals surface area contributed by atoms with Gasteiger partial charge < -0.3 is 0 Å². The highest BCUT2D eigenvalue weighted by Gasteiger charge is 2.62. The Kier molecular flexibility index (Phi) is 2.98. The van der Waals surface area contributed by atoms with Crippen LogP contribution in [0.4, 0.5) is 0 Å². The number of hydrogen-bond acceptors (Lipinski definition) is 1. The summed E-state index contributed by atoms with van der Waals surface area (Å²) in [6.07, 6.45) is 6.55. The number of carbonyl (C=O) groups excluding carboxylic acids is 1. The molecule has 0 radical (unpaired) electrons. The topological polar surface area (TPSA) is 17.1 Å². The predicted molar refractivity (Wildman–Crippen MR) is 105 cm³/mol. The lowest BCUT2D eigenvalue weighted by Gasteiger charge is -2.27. The highest BCUT2D eigenvalue weighted by atomic mass is 35.5. The smallest absolute Gasteiger partial charge is 0.168 e. The van der Waals surface area contributed by atoms with Crippen LogP contribution in [-0.4, -0.2) is 10.7 Å². The van der Waals surface area contributed by atoms with Gasteiger partial charge >= 0.3 is 0 Å². The molecule has 0 amide bonds. The average Bonchev–Trinajstić information content (AvgIpc) is 3.23. The van der Waals surface area contributed by atoms with Crippen LogP contribution in [0.25, 0.3) is 11.1 Å². The van der Waals surface area contributed by atoms with Crippen molar-refractivity contribution in [1.82, 2.24) is 0 Å². The van der Waals surface area contributed by atoms with Crippen LogP contribution in [0.5, 0.6) is 0 Å². The number of carbonyl (C=O) groups is 1. The molecule has 132 valence electrons. The van der Waals surface area contributed by atoms with Crippen molar-refractivity contribution in [2.24, 2.45) is 11.8 Å². The molecule has 0 spiro atoms. The second kappa shape index (κ2) is 5.01. The molecule has 0 aromatic heterocycles. The fraction of sp³-hybridized carbons (Fsp3) is 0.458. The Morgan fingerprint density at radius 2 is 2.00 bits per heavy atom. The molecule has 2 aromatic carbocycles. The third-order valence-electron chi connectivity index (χ3n) is 7.78. The summed E-state index contributed by atoms with van der Waals surface area (Å²) in [6.45, 7) is 2.21. The molecule has 4 atom stereocenters. The number of alkyl halides is 1. The van der Waals surface area contributed by atoms with E-state index >= 15 is 0 Å². The van der Waals surface area contributed by atoms with Crippen molar-refractivity contribution >= 4 is 17.4 Å². The molecule has 2 aromatic rings. The second-order valence-electron chi connectivity index (χ2n) is 8.87. The summed E-state index contributed by atoms with van der Waals surface area (Å²) in [6, 6.07) is 11.0. The predicted octanol–water partition coefficient (Wildman–Crippen LogP) is 5.84. The van der Waals surface area contributed by atoms with Gasteiger partial charge in [0.1, 0.15) is 0 Å². The molecule has 0 saturated heterocycles. The fourth-order valence-corrected chi connectivity index (χ4v) is 7.38. The van der Waals surface area contributed by atoms with Gasteiger partial charge in [-0.25, -0.2) is 0 Å². The lowest BCUT2D eigenvalue weighted by atomic mass is 9.79. The van der Waals surface area contributed by atoms with Crippen molar-refractivity contribution < 1.29 is 4.79 Å². The summed E-state index contributed by atoms with van der Waals surface area (Å²) < 4.78 is 0. The molecule has 0 heterocycles. The Balaban J connectivity index is 1.59. The maximum atomic E-state index is 13.7. The molecule has 2 fully saturated rings. The number of ketones is 1. The SMILES string of the molecule is Cc1cc2c(c3c1[C@H]1C[C@H]4CCC[C@@]4(Cl)[C@H]1C3=O)CCc1ccccc1-2. The number of benzene rings is 2. The van der Waals surface area contributed by atoms with Gasteiger partial charge in [0.2, 0.25) is 0 Å². The van der Waals surface area contributed by atoms with E-state index < -0.39 is 0 Å². The zero-order valence-corrected chi connectivity index (χ0v) is 15.9. The van der Waals surface area contributed by atoms with Gasteiger partial charge in [-0.05, 0) is 84.2 Å². The zero-order chi connectivity index (χ0) is 17.6. The van der Waals surface area contributed by atoms with E-state index in [1.807, 2.05) is 0 Å². The van der Waals surface area contributed by atoms with Crippen molar-refractivity contribution in [2.45, 2.75) is 56.2 Å². The van der Waals surface area contributed by atoms with Gasteiger partial charge in [0.15, 0.2) is 5.78 Å². The van der Waals surface area contributed by atoms with Gasteiger partial charge in [-0.2, -0.15) is 0 Å². The summed E-state index contributed by atoms with van der Waals surface area (Å²) in [7, 11) is 0. The van der Waals surface area contributed by atoms with Crippen molar-refractivity contribution in [3.8, 4) is 11.1 Å². The summed E-state index contributed by atoms with van der Waals surface area (Å²) >= 11 is 7.15. The first kappa shape index (κ1) is 15.5. The quantitative estimate of drug-likeness (QED) is 0.538. The number of halogens is 1. The maximum absolute atomic E-state index is 13.7. The van der Waals surface area contributed by atoms with Gasteiger partial charge in [-0.1, -0.05) is 36.8 Å². The summed E-state index contributed by atoms with van der Waals surface area (Å²) in [5.74, 6) is 1.29. The Morgan fingerprint density at radius 3 is 2.88 bits per heavy atom. The molecule has 2 saturated carbocycles. The number of aryl methyl sites for hydroxylation is 2. The number of Topliss-reactive ketones (excluding diaryl/α,β-unsaturated/α-hetero) is 1. The van der Waals surface area contributed by atoms with Crippen LogP contribution < -0.4 is 0 Å². The average molecular weight is 363 g/mol. The molecule has 6 rings (SSSR count). The first-order chi connectivity index (χ1) is 12.6. The maximum Gasteiger partial charge on any atom is 0.168 e. The van der Waals surface area contributed by atoms with Crippen molar-refractivity contribution in [3.05, 3.63) is 58.1 Å². The molecule has 2 heteroatoms. The second-order valence-corrected chi connectivity index (χ2v) is 9.57. The van der Waals surface area contributed by atoms with E-state index in [0.29, 0.717) is 17.6 Å². The Morgan fingerprint density at radius 1 is 1.15 bits per heavy atom. The molecule has 0 bridgehead atoms.